The number of hydrogen-bond donors (Lipinski definition) is 2. The summed E-state index contributed by atoms with van der Waals surface area (Å²) in [5.74, 6) is 1.46. The highest BCUT2D eigenvalue weighted by Gasteiger charge is 2.31. The molecule has 3 atom stereocenters. The third-order valence-electron chi connectivity index (χ3n) is 2.62. The first kappa shape index (κ1) is 9.52. The summed E-state index contributed by atoms with van der Waals surface area (Å²) in [4.78, 5) is 10.6. The second-order valence-electron chi connectivity index (χ2n) is 3.93. The van der Waals surface area contributed by atoms with Gasteiger partial charge in [-0.05, 0) is 24.8 Å². The van der Waals surface area contributed by atoms with E-state index in [9.17, 15) is 4.79 Å². The van der Waals surface area contributed by atoms with Crippen molar-refractivity contribution in [2.24, 2.45) is 23.5 Å². The minimum Gasteiger partial charge on any atom is -0.369 e. The van der Waals surface area contributed by atoms with Crippen molar-refractivity contribution in [3.8, 4) is 0 Å². The fourth-order valence-electron chi connectivity index (χ4n) is 1.27. The van der Waals surface area contributed by atoms with E-state index in [1.807, 2.05) is 6.92 Å². The van der Waals surface area contributed by atoms with Gasteiger partial charge in [0.05, 0.1) is 0 Å². The molecule has 1 aliphatic carbocycles. The molecule has 0 radical (unpaired) electrons. The van der Waals surface area contributed by atoms with Gasteiger partial charge in [-0.1, -0.05) is 13.8 Å². The predicted octanol–water partition coefficient (Wildman–Crippen LogP) is 0.353. The topological polar surface area (TPSA) is 55.1 Å². The molecule has 1 saturated carbocycles. The first-order valence-corrected chi connectivity index (χ1v) is 4.61. The molecule has 1 amide bonds. The van der Waals surface area contributed by atoms with Crippen molar-refractivity contribution in [2.75, 3.05) is 13.1 Å². The van der Waals surface area contributed by atoms with Crippen LogP contribution in [0.15, 0.2) is 0 Å². The van der Waals surface area contributed by atoms with Crippen LogP contribution in [0.2, 0.25) is 0 Å². The first-order chi connectivity index (χ1) is 5.61. The monoisotopic (exact) mass is 170 g/mol. The van der Waals surface area contributed by atoms with Gasteiger partial charge in [-0.15, -0.1) is 0 Å². The molecule has 0 saturated heterocycles. The molecule has 0 aromatic heterocycles. The van der Waals surface area contributed by atoms with Crippen LogP contribution < -0.4 is 11.1 Å². The largest absolute Gasteiger partial charge is 0.369 e. The van der Waals surface area contributed by atoms with Crippen molar-refractivity contribution in [3.63, 3.8) is 0 Å². The highest BCUT2D eigenvalue weighted by molar-refractivity contribution is 5.76. The Morgan fingerprint density at radius 1 is 1.75 bits per heavy atom. The molecule has 12 heavy (non-hydrogen) atoms. The summed E-state index contributed by atoms with van der Waals surface area (Å²) in [6.45, 7) is 5.87. The molecule has 3 N–H and O–H groups in total. The zero-order chi connectivity index (χ0) is 9.14. The zero-order valence-corrected chi connectivity index (χ0v) is 7.84. The molecule has 1 fully saturated rings. The molecular formula is C9H18N2O. The summed E-state index contributed by atoms with van der Waals surface area (Å²) in [5.41, 5.74) is 5.12. The van der Waals surface area contributed by atoms with Crippen molar-refractivity contribution in [1.82, 2.24) is 5.32 Å². The summed E-state index contributed by atoms with van der Waals surface area (Å²) in [7, 11) is 0. The van der Waals surface area contributed by atoms with E-state index in [4.69, 9.17) is 5.73 Å². The molecule has 3 heteroatoms. The average molecular weight is 170 g/mol. The maximum Gasteiger partial charge on any atom is 0.221 e. The van der Waals surface area contributed by atoms with Gasteiger partial charge in [0.15, 0.2) is 0 Å². The second-order valence-corrected chi connectivity index (χ2v) is 3.93. The van der Waals surface area contributed by atoms with Crippen LogP contribution >= 0.6 is 0 Å². The Bertz CT molecular complexity index is 170. The van der Waals surface area contributed by atoms with E-state index < -0.39 is 0 Å². The number of rotatable bonds is 5. The van der Waals surface area contributed by atoms with Crippen molar-refractivity contribution < 1.29 is 4.79 Å². The normalized spacial score (nSPS) is 29.8. The van der Waals surface area contributed by atoms with Crippen LogP contribution in [0, 0.1) is 17.8 Å². The SMILES string of the molecule is CC(CNCC1CC1C)C(N)=O. The lowest BCUT2D eigenvalue weighted by atomic mass is 10.1. The van der Waals surface area contributed by atoms with Gasteiger partial charge in [-0.3, -0.25) is 4.79 Å². The fraction of sp³-hybridized carbons (Fsp3) is 0.889. The molecule has 0 aromatic carbocycles. The molecule has 3 unspecified atom stereocenters. The Balaban J connectivity index is 1.98. The molecule has 0 spiro atoms. The summed E-state index contributed by atoms with van der Waals surface area (Å²) in [6, 6.07) is 0. The molecule has 0 aliphatic heterocycles. The molecule has 3 nitrogen and oxygen atoms in total. The number of primary amides is 1. The fourth-order valence-corrected chi connectivity index (χ4v) is 1.27. The van der Waals surface area contributed by atoms with Gasteiger partial charge in [0.2, 0.25) is 5.91 Å². The number of carbonyl (C=O) groups is 1. The zero-order valence-electron chi connectivity index (χ0n) is 7.84. The van der Waals surface area contributed by atoms with Crippen LogP contribution in [0.1, 0.15) is 20.3 Å². The van der Waals surface area contributed by atoms with Crippen molar-refractivity contribution >= 4 is 5.91 Å². The Morgan fingerprint density at radius 3 is 2.75 bits per heavy atom. The highest BCUT2D eigenvalue weighted by Crippen LogP contribution is 2.36. The lowest BCUT2D eigenvalue weighted by molar-refractivity contribution is -0.121. The predicted molar refractivity (Wildman–Crippen MR) is 48.5 cm³/mol. The van der Waals surface area contributed by atoms with Gasteiger partial charge >= 0.3 is 0 Å². The quantitative estimate of drug-likeness (QED) is 0.625. The number of carbonyl (C=O) groups excluding carboxylic acids is 1. The van der Waals surface area contributed by atoms with Gasteiger partial charge in [0.25, 0.3) is 0 Å². The van der Waals surface area contributed by atoms with E-state index in [-0.39, 0.29) is 11.8 Å². The van der Waals surface area contributed by atoms with Crippen LogP contribution in [-0.4, -0.2) is 19.0 Å². The van der Waals surface area contributed by atoms with Gasteiger partial charge in [-0.25, -0.2) is 0 Å². The average Bonchev–Trinajstić information content (AvgIpc) is 2.66. The van der Waals surface area contributed by atoms with Crippen LogP contribution in [0.25, 0.3) is 0 Å². The summed E-state index contributed by atoms with van der Waals surface area (Å²) < 4.78 is 0. The summed E-state index contributed by atoms with van der Waals surface area (Å²) >= 11 is 0. The van der Waals surface area contributed by atoms with Crippen molar-refractivity contribution in [3.05, 3.63) is 0 Å². The third-order valence-corrected chi connectivity index (χ3v) is 2.62. The Morgan fingerprint density at radius 2 is 2.33 bits per heavy atom. The van der Waals surface area contributed by atoms with E-state index in [1.165, 1.54) is 6.42 Å². The first-order valence-electron chi connectivity index (χ1n) is 4.61. The number of hydrogen-bond acceptors (Lipinski definition) is 2. The minimum absolute atomic E-state index is 0.0425. The number of amides is 1. The van der Waals surface area contributed by atoms with Gasteiger partial charge in [0, 0.05) is 12.5 Å². The van der Waals surface area contributed by atoms with Crippen LogP contribution in [0.4, 0.5) is 0 Å². The molecule has 1 rings (SSSR count). The third kappa shape index (κ3) is 2.81. The second kappa shape index (κ2) is 3.90. The molecule has 0 heterocycles. The lowest BCUT2D eigenvalue weighted by Gasteiger charge is -2.07. The number of nitrogens with one attached hydrogen (secondary N) is 1. The van der Waals surface area contributed by atoms with Gasteiger partial charge in [-0.2, -0.15) is 0 Å². The van der Waals surface area contributed by atoms with Gasteiger partial charge in [0.1, 0.15) is 0 Å². The molecule has 0 bridgehead atoms. The summed E-state index contributed by atoms with van der Waals surface area (Å²) in [5, 5.41) is 3.26. The van der Waals surface area contributed by atoms with E-state index in [1.54, 1.807) is 0 Å². The summed E-state index contributed by atoms with van der Waals surface area (Å²) in [6.07, 6.45) is 1.33. The Hall–Kier alpha value is -0.570. The molecule has 70 valence electrons. The molecule has 1 aliphatic rings. The Labute approximate surface area is 73.7 Å². The van der Waals surface area contributed by atoms with E-state index >= 15 is 0 Å². The molecular weight excluding hydrogens is 152 g/mol. The minimum atomic E-state index is -0.216. The maximum atomic E-state index is 10.6. The van der Waals surface area contributed by atoms with Crippen LogP contribution in [0.5, 0.6) is 0 Å². The van der Waals surface area contributed by atoms with E-state index in [0.717, 1.165) is 24.9 Å². The molecule has 0 aromatic rings. The van der Waals surface area contributed by atoms with E-state index in [2.05, 4.69) is 12.2 Å². The smallest absolute Gasteiger partial charge is 0.221 e. The lowest BCUT2D eigenvalue weighted by Crippen LogP contribution is -2.32. The highest BCUT2D eigenvalue weighted by atomic mass is 16.1. The van der Waals surface area contributed by atoms with E-state index in [0.29, 0.717) is 0 Å². The standard InChI is InChI=1S/C9H18N2O/c1-6-3-8(6)5-11-4-7(2)9(10)12/h6-8,11H,3-5H2,1-2H3,(H2,10,12). The van der Waals surface area contributed by atoms with Crippen LogP contribution in [-0.2, 0) is 4.79 Å². The van der Waals surface area contributed by atoms with Crippen LogP contribution in [0.3, 0.4) is 0 Å². The van der Waals surface area contributed by atoms with Crippen molar-refractivity contribution in [2.45, 2.75) is 20.3 Å². The maximum absolute atomic E-state index is 10.6. The van der Waals surface area contributed by atoms with Gasteiger partial charge < -0.3 is 11.1 Å². The number of nitrogens with two attached hydrogens (primary N) is 1. The van der Waals surface area contributed by atoms with Crippen molar-refractivity contribution in [1.29, 1.82) is 0 Å². The Kier molecular flexibility index (Phi) is 3.09.